The van der Waals surface area contributed by atoms with Crippen LogP contribution >= 0.6 is 0 Å². The second-order valence-electron chi connectivity index (χ2n) is 5.90. The lowest BCUT2D eigenvalue weighted by Gasteiger charge is -2.42. The van der Waals surface area contributed by atoms with Crippen molar-refractivity contribution in [2.75, 3.05) is 25.1 Å². The molecule has 4 nitrogen and oxygen atoms in total. The predicted molar refractivity (Wildman–Crippen MR) is 86.8 cm³/mol. The third-order valence-electron chi connectivity index (χ3n) is 4.14. The van der Waals surface area contributed by atoms with E-state index < -0.39 is 10.8 Å². The Bertz CT molecular complexity index is 486. The van der Waals surface area contributed by atoms with Crippen molar-refractivity contribution in [1.82, 2.24) is 10.6 Å². The predicted octanol–water partition coefficient (Wildman–Crippen LogP) is 2.08. The fraction of sp³-hybridized carbons (Fsp3) is 0.562. The van der Waals surface area contributed by atoms with E-state index in [4.69, 9.17) is 0 Å². The third-order valence-corrected chi connectivity index (χ3v) is 4.91. The molecule has 2 amide bonds. The topological polar surface area (TPSA) is 58.2 Å². The molecule has 1 aromatic rings. The summed E-state index contributed by atoms with van der Waals surface area (Å²) in [7, 11) is -0.862. The van der Waals surface area contributed by atoms with Gasteiger partial charge in [-0.3, -0.25) is 4.21 Å². The van der Waals surface area contributed by atoms with Gasteiger partial charge in [-0.25, -0.2) is 4.79 Å². The minimum atomic E-state index is -0.862. The fourth-order valence-electron chi connectivity index (χ4n) is 2.76. The van der Waals surface area contributed by atoms with Crippen molar-refractivity contribution in [3.8, 4) is 0 Å². The van der Waals surface area contributed by atoms with E-state index in [1.807, 2.05) is 6.07 Å². The number of carbonyl (C=O) groups is 1. The molecule has 116 valence electrons. The van der Waals surface area contributed by atoms with E-state index in [2.05, 4.69) is 34.9 Å². The van der Waals surface area contributed by atoms with E-state index in [1.165, 1.54) is 24.8 Å². The molecule has 1 fully saturated rings. The highest BCUT2D eigenvalue weighted by molar-refractivity contribution is 7.84. The number of urea groups is 1. The number of hydrogen-bond donors (Lipinski definition) is 2. The van der Waals surface area contributed by atoms with Gasteiger partial charge in [0.25, 0.3) is 0 Å². The van der Waals surface area contributed by atoms with Crippen LogP contribution in [0, 0.1) is 5.41 Å². The summed E-state index contributed by atoms with van der Waals surface area (Å²) >= 11 is 0. The standard InChI is InChI=1S/C16H24N2O2S/c1-21(20)11-10-17-15(19)18-13-16(8-5-9-16)12-14-6-3-2-4-7-14/h2-4,6-7H,5,8-13H2,1H3,(H2,17,18,19). The minimum absolute atomic E-state index is 0.153. The molecule has 2 rings (SSSR count). The van der Waals surface area contributed by atoms with Crippen LogP contribution in [0.15, 0.2) is 30.3 Å². The number of hydrogen-bond acceptors (Lipinski definition) is 2. The average Bonchev–Trinajstić information content (AvgIpc) is 2.42. The SMILES string of the molecule is CS(=O)CCNC(=O)NCC1(Cc2ccccc2)CCC1. The zero-order valence-corrected chi connectivity index (χ0v) is 13.4. The Labute approximate surface area is 129 Å². The molecule has 1 unspecified atom stereocenters. The van der Waals surface area contributed by atoms with Crippen LogP contribution in [0.2, 0.25) is 0 Å². The maximum absolute atomic E-state index is 11.7. The first-order valence-electron chi connectivity index (χ1n) is 7.45. The molecule has 0 heterocycles. The van der Waals surface area contributed by atoms with Crippen molar-refractivity contribution in [3.05, 3.63) is 35.9 Å². The van der Waals surface area contributed by atoms with Crippen LogP contribution in [0.4, 0.5) is 4.79 Å². The summed E-state index contributed by atoms with van der Waals surface area (Å²) < 4.78 is 10.9. The van der Waals surface area contributed by atoms with Crippen molar-refractivity contribution in [1.29, 1.82) is 0 Å². The summed E-state index contributed by atoms with van der Waals surface area (Å²) in [6.07, 6.45) is 6.24. The Morgan fingerprint density at radius 1 is 1.24 bits per heavy atom. The highest BCUT2D eigenvalue weighted by Crippen LogP contribution is 2.43. The Hall–Kier alpha value is -1.36. The number of benzene rings is 1. The molecule has 0 bridgehead atoms. The van der Waals surface area contributed by atoms with Gasteiger partial charge in [0.1, 0.15) is 0 Å². The normalized spacial score (nSPS) is 17.6. The first-order valence-corrected chi connectivity index (χ1v) is 9.18. The van der Waals surface area contributed by atoms with Crippen molar-refractivity contribution >= 4 is 16.8 Å². The minimum Gasteiger partial charge on any atom is -0.338 e. The smallest absolute Gasteiger partial charge is 0.314 e. The molecule has 1 atom stereocenters. The van der Waals surface area contributed by atoms with Crippen LogP contribution < -0.4 is 10.6 Å². The highest BCUT2D eigenvalue weighted by atomic mass is 32.2. The summed E-state index contributed by atoms with van der Waals surface area (Å²) in [5.74, 6) is 0.503. The van der Waals surface area contributed by atoms with E-state index in [1.54, 1.807) is 6.26 Å². The summed E-state index contributed by atoms with van der Waals surface area (Å²) in [6, 6.07) is 10.3. The average molecular weight is 308 g/mol. The molecular formula is C16H24N2O2S. The van der Waals surface area contributed by atoms with Crippen molar-refractivity contribution < 1.29 is 9.00 Å². The largest absolute Gasteiger partial charge is 0.338 e. The molecule has 0 radical (unpaired) electrons. The van der Waals surface area contributed by atoms with Crippen LogP contribution in [0.25, 0.3) is 0 Å². The van der Waals surface area contributed by atoms with Gasteiger partial charge >= 0.3 is 6.03 Å². The molecule has 21 heavy (non-hydrogen) atoms. The third kappa shape index (κ3) is 5.16. The quantitative estimate of drug-likeness (QED) is 0.810. The zero-order valence-electron chi connectivity index (χ0n) is 12.6. The van der Waals surface area contributed by atoms with E-state index in [9.17, 15) is 9.00 Å². The molecular weight excluding hydrogens is 284 g/mol. The molecule has 0 aromatic heterocycles. The van der Waals surface area contributed by atoms with Gasteiger partial charge in [-0.2, -0.15) is 0 Å². The van der Waals surface area contributed by atoms with Gasteiger partial charge in [0.15, 0.2) is 0 Å². The summed E-state index contributed by atoms with van der Waals surface area (Å²) in [4.78, 5) is 11.7. The molecule has 2 N–H and O–H groups in total. The van der Waals surface area contributed by atoms with Crippen LogP contribution in [-0.2, 0) is 17.2 Å². The monoisotopic (exact) mass is 308 g/mol. The second-order valence-corrected chi connectivity index (χ2v) is 7.46. The Morgan fingerprint density at radius 3 is 2.52 bits per heavy atom. The van der Waals surface area contributed by atoms with Crippen molar-refractivity contribution in [3.63, 3.8) is 0 Å². The van der Waals surface area contributed by atoms with E-state index >= 15 is 0 Å². The van der Waals surface area contributed by atoms with Gasteiger partial charge in [-0.1, -0.05) is 36.8 Å². The lowest BCUT2D eigenvalue weighted by atomic mass is 9.65. The first kappa shape index (κ1) is 16.0. The lowest BCUT2D eigenvalue weighted by molar-refractivity contribution is 0.132. The summed E-state index contributed by atoms with van der Waals surface area (Å²) in [5.41, 5.74) is 1.55. The Morgan fingerprint density at radius 2 is 1.95 bits per heavy atom. The van der Waals surface area contributed by atoms with Crippen LogP contribution in [0.5, 0.6) is 0 Å². The maximum Gasteiger partial charge on any atom is 0.314 e. The molecule has 0 aliphatic heterocycles. The van der Waals surface area contributed by atoms with E-state index in [0.717, 1.165) is 6.42 Å². The van der Waals surface area contributed by atoms with E-state index in [0.29, 0.717) is 18.8 Å². The molecule has 0 saturated heterocycles. The van der Waals surface area contributed by atoms with Gasteiger partial charge in [-0.15, -0.1) is 0 Å². The Balaban J connectivity index is 1.77. The van der Waals surface area contributed by atoms with Gasteiger partial charge in [0.2, 0.25) is 0 Å². The highest BCUT2D eigenvalue weighted by Gasteiger charge is 2.37. The molecule has 1 aliphatic rings. The summed E-state index contributed by atoms with van der Waals surface area (Å²) in [6.45, 7) is 1.17. The van der Waals surface area contributed by atoms with Gasteiger partial charge < -0.3 is 10.6 Å². The fourth-order valence-corrected chi connectivity index (χ4v) is 3.15. The number of rotatable bonds is 7. The van der Waals surface area contributed by atoms with Crippen molar-refractivity contribution in [2.45, 2.75) is 25.7 Å². The first-order chi connectivity index (χ1) is 10.1. The number of amides is 2. The van der Waals surface area contributed by atoms with Crippen molar-refractivity contribution in [2.24, 2.45) is 5.41 Å². The van der Waals surface area contributed by atoms with Crippen LogP contribution in [0.3, 0.4) is 0 Å². The molecule has 1 aromatic carbocycles. The molecule has 1 saturated carbocycles. The lowest BCUT2D eigenvalue weighted by Crippen LogP contribution is -2.47. The molecule has 5 heteroatoms. The van der Waals surface area contributed by atoms with Gasteiger partial charge in [0, 0.05) is 35.9 Å². The summed E-state index contributed by atoms with van der Waals surface area (Å²) in [5, 5.41) is 5.73. The van der Waals surface area contributed by atoms with Crippen LogP contribution in [0.1, 0.15) is 24.8 Å². The number of nitrogens with one attached hydrogen (secondary N) is 2. The molecule has 0 spiro atoms. The maximum atomic E-state index is 11.7. The Kier molecular flexibility index (Phi) is 5.79. The second kappa shape index (κ2) is 7.59. The number of carbonyl (C=O) groups excluding carboxylic acids is 1. The van der Waals surface area contributed by atoms with Gasteiger partial charge in [-0.05, 0) is 30.2 Å². The van der Waals surface area contributed by atoms with E-state index in [-0.39, 0.29) is 11.4 Å². The van der Waals surface area contributed by atoms with Crippen LogP contribution in [-0.4, -0.2) is 35.3 Å². The van der Waals surface area contributed by atoms with Gasteiger partial charge in [0.05, 0.1) is 0 Å². The zero-order chi connectivity index (χ0) is 15.1. The molecule has 1 aliphatic carbocycles.